The van der Waals surface area contributed by atoms with Crippen molar-refractivity contribution in [2.24, 2.45) is 5.73 Å². The molecule has 2 rings (SSSR count). The SMILES string of the molecule is CC(C)(C)c1csc(CC(N)CC2CCCO2)n1. The minimum absolute atomic E-state index is 0.132. The van der Waals surface area contributed by atoms with Crippen molar-refractivity contribution in [1.82, 2.24) is 4.98 Å². The van der Waals surface area contributed by atoms with Crippen LogP contribution in [0.5, 0.6) is 0 Å². The van der Waals surface area contributed by atoms with Crippen molar-refractivity contribution in [3.05, 3.63) is 16.1 Å². The first kappa shape index (κ1) is 14.0. The van der Waals surface area contributed by atoms with Gasteiger partial charge in [-0.05, 0) is 19.3 Å². The van der Waals surface area contributed by atoms with Crippen LogP contribution in [0, 0.1) is 0 Å². The maximum absolute atomic E-state index is 6.19. The van der Waals surface area contributed by atoms with Gasteiger partial charge in [-0.25, -0.2) is 4.98 Å². The van der Waals surface area contributed by atoms with E-state index in [1.54, 1.807) is 11.3 Å². The van der Waals surface area contributed by atoms with Gasteiger partial charge in [0.15, 0.2) is 0 Å². The lowest BCUT2D eigenvalue weighted by atomic mass is 9.93. The van der Waals surface area contributed by atoms with E-state index in [0.29, 0.717) is 6.10 Å². The van der Waals surface area contributed by atoms with E-state index in [1.807, 2.05) is 0 Å². The zero-order valence-electron chi connectivity index (χ0n) is 11.6. The molecule has 18 heavy (non-hydrogen) atoms. The Hall–Kier alpha value is -0.450. The highest BCUT2D eigenvalue weighted by Gasteiger charge is 2.21. The average molecular weight is 268 g/mol. The van der Waals surface area contributed by atoms with Crippen molar-refractivity contribution in [2.45, 2.75) is 64.0 Å². The van der Waals surface area contributed by atoms with Gasteiger partial charge in [0.05, 0.1) is 16.8 Å². The zero-order valence-corrected chi connectivity index (χ0v) is 12.4. The van der Waals surface area contributed by atoms with Crippen molar-refractivity contribution in [2.75, 3.05) is 6.61 Å². The third kappa shape index (κ3) is 3.77. The molecule has 1 aliphatic rings. The minimum atomic E-state index is 0.132. The van der Waals surface area contributed by atoms with Crippen molar-refractivity contribution in [3.8, 4) is 0 Å². The Kier molecular flexibility index (Phi) is 4.41. The van der Waals surface area contributed by atoms with E-state index in [4.69, 9.17) is 15.5 Å². The Bertz CT molecular complexity index is 377. The van der Waals surface area contributed by atoms with Gasteiger partial charge in [-0.1, -0.05) is 20.8 Å². The van der Waals surface area contributed by atoms with E-state index in [0.717, 1.165) is 24.5 Å². The van der Waals surface area contributed by atoms with E-state index in [9.17, 15) is 0 Å². The fraction of sp³-hybridized carbons (Fsp3) is 0.786. The first-order chi connectivity index (χ1) is 8.45. The molecule has 1 aliphatic heterocycles. The Labute approximate surface area is 114 Å². The molecule has 1 aromatic rings. The molecule has 2 unspecified atom stereocenters. The molecule has 2 heterocycles. The highest BCUT2D eigenvalue weighted by atomic mass is 32.1. The van der Waals surface area contributed by atoms with Crippen LogP contribution in [-0.4, -0.2) is 23.7 Å². The monoisotopic (exact) mass is 268 g/mol. The smallest absolute Gasteiger partial charge is 0.0943 e. The van der Waals surface area contributed by atoms with Crippen LogP contribution in [0.3, 0.4) is 0 Å². The molecule has 0 spiro atoms. The van der Waals surface area contributed by atoms with Gasteiger partial charge in [0.25, 0.3) is 0 Å². The van der Waals surface area contributed by atoms with Crippen LogP contribution in [0.4, 0.5) is 0 Å². The maximum Gasteiger partial charge on any atom is 0.0943 e. The number of hydrogen-bond acceptors (Lipinski definition) is 4. The molecular weight excluding hydrogens is 244 g/mol. The molecule has 0 bridgehead atoms. The number of aromatic nitrogens is 1. The van der Waals surface area contributed by atoms with Gasteiger partial charge in [-0.2, -0.15) is 0 Å². The summed E-state index contributed by atoms with van der Waals surface area (Å²) in [6, 6.07) is 0.173. The van der Waals surface area contributed by atoms with Crippen LogP contribution in [0.1, 0.15) is 50.7 Å². The predicted molar refractivity (Wildman–Crippen MR) is 76.1 cm³/mol. The number of thiazole rings is 1. The minimum Gasteiger partial charge on any atom is -0.378 e. The molecule has 2 atom stereocenters. The van der Waals surface area contributed by atoms with Crippen LogP contribution in [0.25, 0.3) is 0 Å². The third-order valence-corrected chi connectivity index (χ3v) is 4.22. The standard InChI is InChI=1S/C14H24N2OS/c1-14(2,3)12-9-18-13(16-12)8-10(15)7-11-5-4-6-17-11/h9-11H,4-8,15H2,1-3H3. The molecule has 0 saturated carbocycles. The van der Waals surface area contributed by atoms with Gasteiger partial charge in [0.1, 0.15) is 0 Å². The first-order valence-corrected chi connectivity index (χ1v) is 7.65. The summed E-state index contributed by atoms with van der Waals surface area (Å²) in [6.07, 6.45) is 4.56. The van der Waals surface area contributed by atoms with Crippen molar-refractivity contribution < 1.29 is 4.74 Å². The first-order valence-electron chi connectivity index (χ1n) is 6.77. The summed E-state index contributed by atoms with van der Waals surface area (Å²) in [6.45, 7) is 7.48. The summed E-state index contributed by atoms with van der Waals surface area (Å²) < 4.78 is 5.62. The van der Waals surface area contributed by atoms with E-state index in [-0.39, 0.29) is 11.5 Å². The van der Waals surface area contributed by atoms with Gasteiger partial charge in [0, 0.05) is 29.9 Å². The fourth-order valence-electron chi connectivity index (χ4n) is 2.22. The van der Waals surface area contributed by atoms with Crippen LogP contribution >= 0.6 is 11.3 Å². The van der Waals surface area contributed by atoms with Crippen LogP contribution in [0.15, 0.2) is 5.38 Å². The van der Waals surface area contributed by atoms with Gasteiger partial charge in [-0.15, -0.1) is 11.3 Å². The summed E-state index contributed by atoms with van der Waals surface area (Å²) >= 11 is 1.73. The second kappa shape index (κ2) is 5.68. The fourth-order valence-corrected chi connectivity index (χ4v) is 3.34. The Morgan fingerprint density at radius 2 is 2.33 bits per heavy atom. The predicted octanol–water partition coefficient (Wildman–Crippen LogP) is 2.88. The molecule has 3 nitrogen and oxygen atoms in total. The van der Waals surface area contributed by atoms with Crippen LogP contribution in [-0.2, 0) is 16.6 Å². The largest absolute Gasteiger partial charge is 0.378 e. The second-order valence-corrected chi connectivity index (χ2v) is 7.15. The maximum atomic E-state index is 6.19. The quantitative estimate of drug-likeness (QED) is 0.913. The van der Waals surface area contributed by atoms with Crippen molar-refractivity contribution in [3.63, 3.8) is 0 Å². The number of rotatable bonds is 4. The average Bonchev–Trinajstić information content (AvgIpc) is 2.87. The number of ether oxygens (including phenoxy) is 1. The van der Waals surface area contributed by atoms with Crippen LogP contribution in [0.2, 0.25) is 0 Å². The summed E-state index contributed by atoms with van der Waals surface area (Å²) in [5.41, 5.74) is 7.50. The highest BCUT2D eigenvalue weighted by Crippen LogP contribution is 2.25. The lowest BCUT2D eigenvalue weighted by Gasteiger charge is -2.16. The summed E-state index contributed by atoms with van der Waals surface area (Å²) in [7, 11) is 0. The Morgan fingerprint density at radius 3 is 2.89 bits per heavy atom. The van der Waals surface area contributed by atoms with Gasteiger partial charge >= 0.3 is 0 Å². The topological polar surface area (TPSA) is 48.1 Å². The molecule has 0 amide bonds. The normalized spacial score (nSPS) is 22.3. The van der Waals surface area contributed by atoms with Gasteiger partial charge in [-0.3, -0.25) is 0 Å². The van der Waals surface area contributed by atoms with Crippen LogP contribution < -0.4 is 5.73 Å². The van der Waals surface area contributed by atoms with E-state index in [2.05, 4.69) is 26.2 Å². The highest BCUT2D eigenvalue weighted by molar-refractivity contribution is 7.09. The molecule has 2 N–H and O–H groups in total. The molecule has 1 saturated heterocycles. The van der Waals surface area contributed by atoms with Crippen molar-refractivity contribution in [1.29, 1.82) is 0 Å². The molecule has 1 aromatic heterocycles. The van der Waals surface area contributed by atoms with Crippen molar-refractivity contribution >= 4 is 11.3 Å². The zero-order chi connectivity index (χ0) is 13.2. The second-order valence-electron chi connectivity index (χ2n) is 6.21. The van der Waals surface area contributed by atoms with E-state index >= 15 is 0 Å². The van der Waals surface area contributed by atoms with Gasteiger partial charge in [0.2, 0.25) is 0 Å². The molecular formula is C14H24N2OS. The lowest BCUT2D eigenvalue weighted by Crippen LogP contribution is -2.28. The van der Waals surface area contributed by atoms with E-state index < -0.39 is 0 Å². The summed E-state index contributed by atoms with van der Waals surface area (Å²) in [5, 5.41) is 3.32. The Balaban J connectivity index is 1.86. The summed E-state index contributed by atoms with van der Waals surface area (Å²) in [4.78, 5) is 4.69. The number of hydrogen-bond donors (Lipinski definition) is 1. The molecule has 0 aliphatic carbocycles. The molecule has 102 valence electrons. The molecule has 0 aromatic carbocycles. The third-order valence-electron chi connectivity index (χ3n) is 3.35. The molecule has 0 radical (unpaired) electrons. The number of nitrogens with zero attached hydrogens (tertiary/aromatic N) is 1. The summed E-state index contributed by atoms with van der Waals surface area (Å²) in [5.74, 6) is 0. The number of nitrogens with two attached hydrogens (primary N) is 1. The molecule has 4 heteroatoms. The molecule has 1 fully saturated rings. The van der Waals surface area contributed by atoms with Gasteiger partial charge < -0.3 is 10.5 Å². The van der Waals surface area contributed by atoms with E-state index in [1.165, 1.54) is 18.5 Å². The Morgan fingerprint density at radius 1 is 1.56 bits per heavy atom. The lowest BCUT2D eigenvalue weighted by molar-refractivity contribution is 0.0983.